The minimum absolute atomic E-state index is 0.0233. The molecule has 0 spiro atoms. The van der Waals surface area contributed by atoms with Crippen molar-refractivity contribution < 1.29 is 85.6 Å². The second kappa shape index (κ2) is 46.2. The van der Waals surface area contributed by atoms with E-state index < -0.39 is 72.9 Å². The van der Waals surface area contributed by atoms with Crippen molar-refractivity contribution in [3.05, 3.63) is 0 Å². The second-order valence-electron chi connectivity index (χ2n) is 24.7. The van der Waals surface area contributed by atoms with Gasteiger partial charge in [0.15, 0.2) is 24.9 Å². The molecule has 9 atom stereocenters. The fourth-order valence-corrected chi connectivity index (χ4v) is 4.31. The summed E-state index contributed by atoms with van der Waals surface area (Å²) in [6.45, 7) is 49.7. The van der Waals surface area contributed by atoms with Gasteiger partial charge in [-0.05, 0) is 166 Å². The van der Waals surface area contributed by atoms with Crippen molar-refractivity contribution in [1.82, 2.24) is 0 Å². The van der Waals surface area contributed by atoms with Crippen LogP contribution in [-0.2, 0) is 85.6 Å². The quantitative estimate of drug-likeness (QED) is 0.0421. The third-order valence-corrected chi connectivity index (χ3v) is 9.10. The first-order valence-electron chi connectivity index (χ1n) is 28.3. The molecule has 0 aliphatic carbocycles. The summed E-state index contributed by atoms with van der Waals surface area (Å²) < 4.78 is 60.0. The molecule has 23 nitrogen and oxygen atoms in total. The lowest BCUT2D eigenvalue weighted by Crippen LogP contribution is -2.31. The Labute approximate surface area is 505 Å². The smallest absolute Gasteiger partial charge is 0.347 e. The van der Waals surface area contributed by atoms with Crippen LogP contribution in [0.1, 0.15) is 180 Å². The van der Waals surface area contributed by atoms with Gasteiger partial charge in [0.2, 0.25) is 0 Å². The lowest BCUT2D eigenvalue weighted by atomic mass is 10.1. The highest BCUT2D eigenvalue weighted by Gasteiger charge is 2.24. The second-order valence-corrected chi connectivity index (χ2v) is 24.7. The predicted octanol–water partition coefficient (Wildman–Crippen LogP) is 9.31. The first-order valence-corrected chi connectivity index (χ1v) is 28.3. The summed E-state index contributed by atoms with van der Waals surface area (Å²) in [5, 5.41) is 0. The predicted molar refractivity (Wildman–Crippen MR) is 332 cm³/mol. The summed E-state index contributed by atoms with van der Waals surface area (Å²) >= 11 is 0. The summed E-state index contributed by atoms with van der Waals surface area (Å²) in [4.78, 5) is 89.4. The minimum atomic E-state index is -0.965. The van der Waals surface area contributed by atoms with Gasteiger partial charge in [-0.25, -0.2) is 24.0 Å². The molecular formula is C61H115N5O18. The molecule has 0 rings (SSSR count). The molecule has 23 heteroatoms. The standard InChI is InChI=1S/C14H25NO4.C13H23NO5.C12H21NO5.2C11H23NO2/c1-9(2)12(16)19-11(4)13(17)18-10(3)8-15-14(5,6)7;1-9(7-14-13(3,4)5)18-12(16)10(2)19-11(15)8-17-6;1-9(16-5)11(15)18-8-10(14)17-7-6-13-12(2,3)4;2*1-9(7-12-11(3,4)5)14-8-10(2)13-6/h8-11H,1-7H3;7,9-10H,8H2,1-6H3;6,9H,7-8H2,1-5H3;2*7,9-10H,8H2,1-6H3. The van der Waals surface area contributed by atoms with Gasteiger partial charge >= 0.3 is 35.8 Å². The average molecular weight is 1210 g/mol. The van der Waals surface area contributed by atoms with Crippen molar-refractivity contribution in [2.24, 2.45) is 30.9 Å². The Balaban J connectivity index is -0.000000311. The van der Waals surface area contributed by atoms with Crippen LogP contribution in [-0.4, -0.2) is 211 Å². The summed E-state index contributed by atoms with van der Waals surface area (Å²) in [5.74, 6) is -3.69. The molecule has 0 aromatic carbocycles. The van der Waals surface area contributed by atoms with Gasteiger partial charge in [0.25, 0.3) is 0 Å². The van der Waals surface area contributed by atoms with Crippen LogP contribution in [0.15, 0.2) is 25.0 Å². The zero-order chi connectivity index (χ0) is 66.8. The van der Waals surface area contributed by atoms with Gasteiger partial charge < -0.3 is 56.8 Å². The highest BCUT2D eigenvalue weighted by atomic mass is 16.6. The van der Waals surface area contributed by atoms with E-state index >= 15 is 0 Å². The van der Waals surface area contributed by atoms with Crippen LogP contribution in [0.25, 0.3) is 0 Å². The van der Waals surface area contributed by atoms with Crippen molar-refractivity contribution in [2.45, 2.75) is 263 Å². The van der Waals surface area contributed by atoms with Crippen molar-refractivity contribution in [3.8, 4) is 0 Å². The molecular weight excluding hydrogens is 1090 g/mol. The molecule has 0 bridgehead atoms. The summed E-state index contributed by atoms with van der Waals surface area (Å²) in [5.41, 5.74) is -0.685. The Morgan fingerprint density at radius 2 is 0.714 bits per heavy atom. The van der Waals surface area contributed by atoms with E-state index in [1.54, 1.807) is 54.3 Å². The average Bonchev–Trinajstić information content (AvgIpc) is 3.36. The Kier molecular flexibility index (Phi) is 48.2. The molecule has 0 heterocycles. The van der Waals surface area contributed by atoms with E-state index in [9.17, 15) is 28.8 Å². The number of ether oxygens (including phenoxy) is 12. The maximum atomic E-state index is 11.7. The molecule has 9 unspecified atom stereocenters. The number of hydrogen-bond acceptors (Lipinski definition) is 23. The zero-order valence-electron chi connectivity index (χ0n) is 57.3. The molecule has 0 saturated heterocycles. The summed E-state index contributed by atoms with van der Waals surface area (Å²) in [6.07, 6.45) is 5.23. The molecule has 0 aliphatic rings. The number of methoxy groups -OCH3 is 4. The third-order valence-electron chi connectivity index (χ3n) is 9.10. The van der Waals surface area contributed by atoms with Crippen molar-refractivity contribution in [1.29, 1.82) is 0 Å². The van der Waals surface area contributed by atoms with Crippen molar-refractivity contribution in [2.75, 3.05) is 61.5 Å². The van der Waals surface area contributed by atoms with Gasteiger partial charge in [-0.2, -0.15) is 0 Å². The largest absolute Gasteiger partial charge is 0.457 e. The van der Waals surface area contributed by atoms with Crippen LogP contribution in [0.3, 0.4) is 0 Å². The van der Waals surface area contributed by atoms with E-state index in [0.717, 1.165) is 0 Å². The third kappa shape index (κ3) is 64.5. The summed E-state index contributed by atoms with van der Waals surface area (Å²) in [7, 11) is 6.12. The molecule has 0 aromatic rings. The van der Waals surface area contributed by atoms with Crippen molar-refractivity contribution >= 4 is 66.9 Å². The zero-order valence-corrected chi connectivity index (χ0v) is 57.3. The maximum Gasteiger partial charge on any atom is 0.347 e. The molecule has 0 saturated carbocycles. The first-order chi connectivity index (χ1) is 38.1. The number of aliphatic imine (C=N–C) groups is 5. The van der Waals surface area contributed by atoms with Crippen LogP contribution in [0.4, 0.5) is 0 Å². The lowest BCUT2D eigenvalue weighted by molar-refractivity contribution is -0.169. The summed E-state index contributed by atoms with van der Waals surface area (Å²) in [6, 6.07) is 0. The van der Waals surface area contributed by atoms with Crippen LogP contribution in [0.5, 0.6) is 0 Å². The molecule has 0 N–H and O–H groups in total. The number of hydrogen-bond donors (Lipinski definition) is 0. The van der Waals surface area contributed by atoms with E-state index in [4.69, 9.17) is 47.4 Å². The fourth-order valence-electron chi connectivity index (χ4n) is 4.31. The molecule has 84 heavy (non-hydrogen) atoms. The number of esters is 6. The van der Waals surface area contributed by atoms with E-state index in [-0.39, 0.29) is 71.2 Å². The molecule has 0 aliphatic heterocycles. The van der Waals surface area contributed by atoms with Gasteiger partial charge in [0, 0.05) is 59.5 Å². The lowest BCUT2D eigenvalue weighted by Gasteiger charge is -2.17. The Hall–Kier alpha value is -5.07. The molecule has 0 aromatic heterocycles. The van der Waals surface area contributed by atoms with E-state index in [1.807, 2.05) is 102 Å². The minimum Gasteiger partial charge on any atom is -0.457 e. The van der Waals surface area contributed by atoms with Gasteiger partial charge in [0.05, 0.1) is 71.2 Å². The van der Waals surface area contributed by atoms with Crippen molar-refractivity contribution in [3.63, 3.8) is 0 Å². The van der Waals surface area contributed by atoms with Crippen LogP contribution < -0.4 is 0 Å². The monoisotopic (exact) mass is 1210 g/mol. The van der Waals surface area contributed by atoms with Gasteiger partial charge in [-0.15, -0.1) is 0 Å². The van der Waals surface area contributed by atoms with Crippen LogP contribution >= 0.6 is 0 Å². The van der Waals surface area contributed by atoms with Gasteiger partial charge in [-0.3, -0.25) is 29.8 Å². The number of rotatable bonds is 27. The molecule has 0 radical (unpaired) electrons. The molecule has 0 amide bonds. The van der Waals surface area contributed by atoms with Crippen LogP contribution in [0.2, 0.25) is 0 Å². The first kappa shape index (κ1) is 87.7. The number of nitrogens with zero attached hydrogens (tertiary/aromatic N) is 5. The van der Waals surface area contributed by atoms with E-state index in [0.29, 0.717) is 13.2 Å². The fraction of sp³-hybridized carbons (Fsp3) is 0.820. The molecule has 492 valence electrons. The Bertz CT molecular complexity index is 1920. The maximum absolute atomic E-state index is 11.7. The Morgan fingerprint density at radius 3 is 1.02 bits per heavy atom. The highest BCUT2D eigenvalue weighted by Crippen LogP contribution is 2.11. The highest BCUT2D eigenvalue weighted by molar-refractivity contribution is 5.82. The van der Waals surface area contributed by atoms with Gasteiger partial charge in [0.1, 0.15) is 25.4 Å². The number of carbonyl (C=O) groups is 6. The number of carbonyl (C=O) groups excluding carboxylic acids is 6. The van der Waals surface area contributed by atoms with E-state index in [2.05, 4.69) is 76.0 Å². The van der Waals surface area contributed by atoms with E-state index in [1.165, 1.54) is 41.2 Å². The topological polar surface area (TPSA) is 275 Å². The Morgan fingerprint density at radius 1 is 0.369 bits per heavy atom. The normalized spacial score (nSPS) is 15.5. The molecule has 0 fully saturated rings. The van der Waals surface area contributed by atoms with Gasteiger partial charge in [-0.1, -0.05) is 13.8 Å². The van der Waals surface area contributed by atoms with Crippen LogP contribution in [0, 0.1) is 5.92 Å². The SMILES string of the molecule is CC(C=NC(C)(C)C)OC(=O)C(C)OC(=O)C(C)C.COC(C)C(=O)OCC(=O)OCC=NC(C)(C)C.COC(C)COC(C)C=NC(C)(C)C.COC(C)COC(C)C=NC(C)(C)C.COCC(=O)OC(C)C(=O)OC(C)C=NC(C)(C)C.